The molecule has 2 atom stereocenters. The van der Waals surface area contributed by atoms with E-state index in [1.807, 2.05) is 11.7 Å². The topological polar surface area (TPSA) is 53.1 Å². The van der Waals surface area contributed by atoms with Crippen molar-refractivity contribution in [2.75, 3.05) is 7.11 Å². The van der Waals surface area contributed by atoms with E-state index < -0.39 is 0 Å². The highest BCUT2D eigenvalue weighted by molar-refractivity contribution is 5.29. The zero-order valence-corrected chi connectivity index (χ0v) is 9.44. The van der Waals surface area contributed by atoms with Crippen molar-refractivity contribution in [1.29, 1.82) is 0 Å². The molecule has 0 saturated heterocycles. The van der Waals surface area contributed by atoms with Crippen LogP contribution in [0.15, 0.2) is 6.20 Å². The van der Waals surface area contributed by atoms with Crippen molar-refractivity contribution in [2.24, 2.45) is 12.8 Å². The van der Waals surface area contributed by atoms with Gasteiger partial charge in [-0.25, -0.2) is 0 Å². The van der Waals surface area contributed by atoms with E-state index in [1.54, 1.807) is 13.3 Å². The summed E-state index contributed by atoms with van der Waals surface area (Å²) < 4.78 is 7.25. The van der Waals surface area contributed by atoms with Crippen LogP contribution in [-0.4, -0.2) is 22.9 Å². The molecule has 84 valence electrons. The Morgan fingerprint density at radius 2 is 2.33 bits per heavy atom. The second kappa shape index (κ2) is 4.23. The van der Waals surface area contributed by atoms with E-state index in [1.165, 1.54) is 18.5 Å². The first-order valence-electron chi connectivity index (χ1n) is 5.54. The zero-order valence-electron chi connectivity index (χ0n) is 9.44. The minimum Gasteiger partial charge on any atom is -0.493 e. The van der Waals surface area contributed by atoms with Crippen LogP contribution in [0.4, 0.5) is 0 Å². The molecule has 1 heterocycles. The van der Waals surface area contributed by atoms with Crippen LogP contribution in [0.25, 0.3) is 0 Å². The summed E-state index contributed by atoms with van der Waals surface area (Å²) in [6.07, 6.45) is 6.39. The molecule has 2 unspecified atom stereocenters. The van der Waals surface area contributed by atoms with Crippen molar-refractivity contribution < 1.29 is 4.74 Å². The summed E-state index contributed by atoms with van der Waals surface area (Å²) in [5.41, 5.74) is 7.20. The summed E-state index contributed by atoms with van der Waals surface area (Å²) in [5, 5.41) is 4.24. The Balaban J connectivity index is 2.23. The maximum atomic E-state index is 6.00. The van der Waals surface area contributed by atoms with E-state index in [4.69, 9.17) is 10.5 Å². The molecule has 1 aliphatic rings. The second-order valence-electron chi connectivity index (χ2n) is 4.35. The average Bonchev–Trinajstić information content (AvgIpc) is 2.59. The highest BCUT2D eigenvalue weighted by Gasteiger charge is 2.26. The van der Waals surface area contributed by atoms with E-state index in [9.17, 15) is 0 Å². The number of rotatable bonds is 2. The summed E-state index contributed by atoms with van der Waals surface area (Å²) in [5.74, 6) is 1.41. The summed E-state index contributed by atoms with van der Waals surface area (Å²) >= 11 is 0. The molecule has 2 N–H and O–H groups in total. The molecule has 4 nitrogen and oxygen atoms in total. The van der Waals surface area contributed by atoms with Crippen molar-refractivity contribution in [3.05, 3.63) is 11.9 Å². The lowest BCUT2D eigenvalue weighted by Gasteiger charge is -2.27. The first kappa shape index (κ1) is 10.5. The molecule has 15 heavy (non-hydrogen) atoms. The highest BCUT2D eigenvalue weighted by Crippen LogP contribution is 2.36. The molecule has 0 spiro atoms. The smallest absolute Gasteiger partial charge is 0.160 e. The minimum absolute atomic E-state index is 0.336. The normalized spacial score (nSPS) is 26.6. The molecule has 0 amide bonds. The number of hydrogen-bond donors (Lipinski definition) is 1. The van der Waals surface area contributed by atoms with Gasteiger partial charge in [0.1, 0.15) is 0 Å². The third-order valence-electron chi connectivity index (χ3n) is 3.27. The molecular weight excluding hydrogens is 190 g/mol. The lowest BCUT2D eigenvalue weighted by molar-refractivity contribution is 0.357. The SMILES string of the molecule is COc1cnn(C)c1C1CCCC(N)C1. The second-order valence-corrected chi connectivity index (χ2v) is 4.35. The van der Waals surface area contributed by atoms with Crippen molar-refractivity contribution in [1.82, 2.24) is 9.78 Å². The number of nitrogens with two attached hydrogens (primary N) is 1. The molecule has 0 bridgehead atoms. The van der Waals surface area contributed by atoms with Crippen LogP contribution >= 0.6 is 0 Å². The monoisotopic (exact) mass is 209 g/mol. The van der Waals surface area contributed by atoms with Gasteiger partial charge in [-0.1, -0.05) is 6.42 Å². The fraction of sp³-hybridized carbons (Fsp3) is 0.727. The van der Waals surface area contributed by atoms with Gasteiger partial charge in [-0.05, 0) is 19.3 Å². The Bertz CT molecular complexity index is 335. The highest BCUT2D eigenvalue weighted by atomic mass is 16.5. The van der Waals surface area contributed by atoms with Gasteiger partial charge in [-0.15, -0.1) is 0 Å². The van der Waals surface area contributed by atoms with Crippen molar-refractivity contribution in [3.63, 3.8) is 0 Å². The van der Waals surface area contributed by atoms with Crippen LogP contribution in [0.3, 0.4) is 0 Å². The molecule has 0 aromatic carbocycles. The summed E-state index contributed by atoms with van der Waals surface area (Å²) in [4.78, 5) is 0. The molecule has 1 fully saturated rings. The van der Waals surface area contributed by atoms with Crippen molar-refractivity contribution in [3.8, 4) is 5.75 Å². The zero-order chi connectivity index (χ0) is 10.8. The first-order valence-corrected chi connectivity index (χ1v) is 5.54. The molecule has 1 aromatic heterocycles. The van der Waals surface area contributed by atoms with Crippen molar-refractivity contribution in [2.45, 2.75) is 37.6 Å². The van der Waals surface area contributed by atoms with E-state index >= 15 is 0 Å². The van der Waals surface area contributed by atoms with Crippen LogP contribution in [-0.2, 0) is 7.05 Å². The number of hydrogen-bond acceptors (Lipinski definition) is 3. The van der Waals surface area contributed by atoms with Gasteiger partial charge in [-0.3, -0.25) is 4.68 Å². The average molecular weight is 209 g/mol. The van der Waals surface area contributed by atoms with Gasteiger partial charge in [0, 0.05) is 19.0 Å². The van der Waals surface area contributed by atoms with Gasteiger partial charge >= 0.3 is 0 Å². The van der Waals surface area contributed by atoms with Gasteiger partial charge in [-0.2, -0.15) is 5.10 Å². The molecule has 0 radical (unpaired) electrons. The Morgan fingerprint density at radius 3 is 3.00 bits per heavy atom. The molecule has 0 aliphatic heterocycles. The van der Waals surface area contributed by atoms with Gasteiger partial charge in [0.15, 0.2) is 5.75 Å². The molecular formula is C11H19N3O. The summed E-state index contributed by atoms with van der Waals surface area (Å²) in [6, 6.07) is 0.336. The number of aryl methyl sites for hydroxylation is 1. The number of aromatic nitrogens is 2. The Kier molecular flexibility index (Phi) is 2.95. The predicted molar refractivity (Wildman–Crippen MR) is 58.9 cm³/mol. The van der Waals surface area contributed by atoms with Gasteiger partial charge < -0.3 is 10.5 Å². The van der Waals surface area contributed by atoms with Crippen LogP contribution in [0.2, 0.25) is 0 Å². The van der Waals surface area contributed by atoms with Crippen LogP contribution in [0, 0.1) is 0 Å². The van der Waals surface area contributed by atoms with Gasteiger partial charge in [0.2, 0.25) is 0 Å². The third-order valence-corrected chi connectivity index (χ3v) is 3.27. The third kappa shape index (κ3) is 2.00. The lowest BCUT2D eigenvalue weighted by Crippen LogP contribution is -2.27. The van der Waals surface area contributed by atoms with Crippen LogP contribution < -0.4 is 10.5 Å². The molecule has 1 aromatic rings. The molecule has 2 rings (SSSR count). The summed E-state index contributed by atoms with van der Waals surface area (Å²) in [6.45, 7) is 0. The fourth-order valence-electron chi connectivity index (χ4n) is 2.53. The Hall–Kier alpha value is -1.03. The molecule has 1 saturated carbocycles. The van der Waals surface area contributed by atoms with E-state index in [2.05, 4.69) is 5.10 Å². The number of ether oxygens (including phenoxy) is 1. The van der Waals surface area contributed by atoms with Crippen molar-refractivity contribution >= 4 is 0 Å². The maximum Gasteiger partial charge on any atom is 0.160 e. The minimum atomic E-state index is 0.336. The lowest BCUT2D eigenvalue weighted by atomic mass is 9.84. The number of methoxy groups -OCH3 is 1. The van der Waals surface area contributed by atoms with Crippen LogP contribution in [0.5, 0.6) is 5.75 Å². The summed E-state index contributed by atoms with van der Waals surface area (Å²) in [7, 11) is 3.67. The van der Waals surface area contributed by atoms with Gasteiger partial charge in [0.25, 0.3) is 0 Å². The maximum absolute atomic E-state index is 6.00. The first-order chi connectivity index (χ1) is 7.22. The van der Waals surface area contributed by atoms with Gasteiger partial charge in [0.05, 0.1) is 19.0 Å². The van der Waals surface area contributed by atoms with Crippen LogP contribution in [0.1, 0.15) is 37.3 Å². The standard InChI is InChI=1S/C11H19N3O/c1-14-11(10(15-2)7-13-14)8-4-3-5-9(12)6-8/h7-9H,3-6,12H2,1-2H3. The van der Waals surface area contributed by atoms with E-state index in [0.29, 0.717) is 12.0 Å². The van der Waals surface area contributed by atoms with E-state index in [0.717, 1.165) is 18.6 Å². The molecule has 1 aliphatic carbocycles. The van der Waals surface area contributed by atoms with E-state index in [-0.39, 0.29) is 0 Å². The quantitative estimate of drug-likeness (QED) is 0.801. The Morgan fingerprint density at radius 1 is 1.53 bits per heavy atom. The predicted octanol–water partition coefficient (Wildman–Crippen LogP) is 1.41. The number of nitrogens with zero attached hydrogens (tertiary/aromatic N) is 2. The Labute approximate surface area is 90.4 Å². The molecule has 4 heteroatoms. The largest absolute Gasteiger partial charge is 0.493 e. The fourth-order valence-corrected chi connectivity index (χ4v) is 2.53.